The van der Waals surface area contributed by atoms with E-state index in [0.29, 0.717) is 0 Å². The topological polar surface area (TPSA) is 9.72 Å². The summed E-state index contributed by atoms with van der Waals surface area (Å²) in [6.07, 6.45) is 0. The van der Waals surface area contributed by atoms with Gasteiger partial charge < -0.3 is 9.80 Å². The molecule has 0 spiro atoms. The Balaban J connectivity index is 2.60. The predicted molar refractivity (Wildman–Crippen MR) is 102 cm³/mol. The minimum atomic E-state index is 1.03. The van der Waals surface area contributed by atoms with Crippen LogP contribution >= 0.6 is 0 Å². The van der Waals surface area contributed by atoms with Gasteiger partial charge in [-0.1, -0.05) is 52.0 Å². The van der Waals surface area contributed by atoms with E-state index in [1.807, 2.05) is 0 Å². The molecule has 3 nitrogen and oxygen atoms in total. The molecule has 3 heteroatoms. The number of likely N-dealkylation sites (N-methyl/N-ethyl adjacent to an activating group) is 2. The highest BCUT2D eigenvalue weighted by Gasteiger charge is 2.10. The fourth-order valence-electron chi connectivity index (χ4n) is 2.82. The zero-order chi connectivity index (χ0) is 17.1. The number of hydrogen-bond acceptors (Lipinski definition) is 3. The van der Waals surface area contributed by atoms with Crippen LogP contribution in [0.5, 0.6) is 0 Å². The highest BCUT2D eigenvalue weighted by molar-refractivity contribution is 5.24. The lowest BCUT2D eigenvalue weighted by Crippen LogP contribution is -2.39. The van der Waals surface area contributed by atoms with Crippen molar-refractivity contribution >= 4 is 0 Å². The Morgan fingerprint density at radius 1 is 0.652 bits per heavy atom. The Morgan fingerprint density at radius 2 is 1.04 bits per heavy atom. The van der Waals surface area contributed by atoms with Crippen LogP contribution in [0.3, 0.4) is 0 Å². The predicted octanol–water partition coefficient (Wildman–Crippen LogP) is 3.35. The molecule has 0 amide bonds. The van der Waals surface area contributed by atoms with Gasteiger partial charge in [-0.3, -0.25) is 4.90 Å². The molecule has 131 valence electrons. The third-order valence-electron chi connectivity index (χ3n) is 4.68. The zero-order valence-electron chi connectivity index (χ0n) is 15.7. The van der Waals surface area contributed by atoms with Gasteiger partial charge in [-0.2, -0.15) is 0 Å². The SMILES string of the molecule is [CH2]c1ccc(CN(CCN(CC)CC)CCN(CC)CC)cc1. The Labute approximate surface area is 144 Å². The average molecular weight is 319 g/mol. The van der Waals surface area contributed by atoms with Gasteiger partial charge in [0.05, 0.1) is 0 Å². The molecule has 0 bridgehead atoms. The number of nitrogens with zero attached hydrogens (tertiary/aromatic N) is 3. The van der Waals surface area contributed by atoms with Gasteiger partial charge >= 0.3 is 0 Å². The molecule has 0 aliphatic heterocycles. The van der Waals surface area contributed by atoms with Gasteiger partial charge in [0.15, 0.2) is 0 Å². The van der Waals surface area contributed by atoms with Crippen LogP contribution in [0, 0.1) is 6.92 Å². The molecule has 0 aliphatic rings. The van der Waals surface area contributed by atoms with Gasteiger partial charge in [0, 0.05) is 32.7 Å². The molecular weight excluding hydrogens is 282 g/mol. The summed E-state index contributed by atoms with van der Waals surface area (Å²) in [7, 11) is 0. The van der Waals surface area contributed by atoms with Crippen molar-refractivity contribution in [2.75, 3.05) is 52.4 Å². The molecule has 1 radical (unpaired) electrons. The van der Waals surface area contributed by atoms with Crippen LogP contribution in [0.25, 0.3) is 0 Å². The van der Waals surface area contributed by atoms with Crippen LogP contribution in [0.15, 0.2) is 24.3 Å². The van der Waals surface area contributed by atoms with Gasteiger partial charge in [0.25, 0.3) is 0 Å². The second-order valence-corrected chi connectivity index (χ2v) is 6.15. The van der Waals surface area contributed by atoms with E-state index in [1.165, 1.54) is 5.56 Å². The molecule has 1 rings (SSSR count). The summed E-state index contributed by atoms with van der Waals surface area (Å²) >= 11 is 0. The highest BCUT2D eigenvalue weighted by Crippen LogP contribution is 2.07. The third kappa shape index (κ3) is 7.96. The second kappa shape index (κ2) is 11.6. The van der Waals surface area contributed by atoms with Crippen LogP contribution < -0.4 is 0 Å². The van der Waals surface area contributed by atoms with Gasteiger partial charge in [0.2, 0.25) is 0 Å². The van der Waals surface area contributed by atoms with Crippen LogP contribution in [-0.4, -0.2) is 67.1 Å². The maximum absolute atomic E-state index is 3.98. The van der Waals surface area contributed by atoms with Crippen molar-refractivity contribution in [2.45, 2.75) is 34.2 Å². The van der Waals surface area contributed by atoms with E-state index in [9.17, 15) is 0 Å². The second-order valence-electron chi connectivity index (χ2n) is 6.15. The monoisotopic (exact) mass is 318 g/mol. The van der Waals surface area contributed by atoms with Gasteiger partial charge in [-0.05, 0) is 44.2 Å². The van der Waals surface area contributed by atoms with Crippen LogP contribution in [0.2, 0.25) is 0 Å². The van der Waals surface area contributed by atoms with Crippen LogP contribution in [0.4, 0.5) is 0 Å². The summed E-state index contributed by atoms with van der Waals surface area (Å²) in [5.41, 5.74) is 2.48. The van der Waals surface area contributed by atoms with Crippen molar-refractivity contribution in [1.29, 1.82) is 0 Å². The van der Waals surface area contributed by atoms with E-state index in [0.717, 1.165) is 64.5 Å². The Hall–Kier alpha value is -0.900. The van der Waals surface area contributed by atoms with Crippen LogP contribution in [-0.2, 0) is 6.54 Å². The minimum absolute atomic E-state index is 1.03. The maximum Gasteiger partial charge on any atom is 0.0234 e. The molecule has 1 aromatic carbocycles. The van der Waals surface area contributed by atoms with Gasteiger partial charge in [-0.15, -0.1) is 0 Å². The standard InChI is InChI=1S/C20H36N3/c1-6-21(7-2)14-16-23(17-15-22(8-3)9-4)18-20-12-10-19(5)11-13-20/h10-13H,5-9,14-18H2,1-4H3. The Bertz CT molecular complexity index is 378. The quantitative estimate of drug-likeness (QED) is 0.585. The molecule has 0 heterocycles. The molecule has 0 aliphatic carbocycles. The van der Waals surface area contributed by atoms with Gasteiger partial charge in [-0.25, -0.2) is 0 Å². The zero-order valence-corrected chi connectivity index (χ0v) is 15.7. The average Bonchev–Trinajstić information content (AvgIpc) is 2.58. The van der Waals surface area contributed by atoms with Crippen molar-refractivity contribution in [3.05, 3.63) is 42.3 Å². The van der Waals surface area contributed by atoms with E-state index in [2.05, 4.69) is 73.6 Å². The molecule has 0 atom stereocenters. The van der Waals surface area contributed by atoms with Crippen LogP contribution in [0.1, 0.15) is 38.8 Å². The Morgan fingerprint density at radius 3 is 1.43 bits per heavy atom. The van der Waals surface area contributed by atoms with E-state index in [1.54, 1.807) is 0 Å². The third-order valence-corrected chi connectivity index (χ3v) is 4.68. The van der Waals surface area contributed by atoms with Crippen molar-refractivity contribution in [3.8, 4) is 0 Å². The molecule has 0 saturated heterocycles. The first kappa shape index (κ1) is 20.1. The molecule has 0 saturated carbocycles. The number of rotatable bonds is 12. The highest BCUT2D eigenvalue weighted by atomic mass is 15.2. The molecule has 23 heavy (non-hydrogen) atoms. The van der Waals surface area contributed by atoms with Gasteiger partial charge in [0.1, 0.15) is 0 Å². The summed E-state index contributed by atoms with van der Waals surface area (Å²) < 4.78 is 0. The van der Waals surface area contributed by atoms with Crippen molar-refractivity contribution in [2.24, 2.45) is 0 Å². The molecule has 0 unspecified atom stereocenters. The summed E-state index contributed by atoms with van der Waals surface area (Å²) in [6, 6.07) is 8.65. The summed E-state index contributed by atoms with van der Waals surface area (Å²) in [6.45, 7) is 23.1. The lowest BCUT2D eigenvalue weighted by Gasteiger charge is -2.28. The lowest BCUT2D eigenvalue weighted by molar-refractivity contribution is 0.180. The number of benzene rings is 1. The van der Waals surface area contributed by atoms with E-state index in [-0.39, 0.29) is 0 Å². The number of hydrogen-bond donors (Lipinski definition) is 0. The molecule has 0 fully saturated rings. The van der Waals surface area contributed by atoms with E-state index in [4.69, 9.17) is 0 Å². The first-order chi connectivity index (χ1) is 11.1. The van der Waals surface area contributed by atoms with Crippen molar-refractivity contribution in [1.82, 2.24) is 14.7 Å². The van der Waals surface area contributed by atoms with E-state index >= 15 is 0 Å². The first-order valence-corrected chi connectivity index (χ1v) is 9.20. The fourth-order valence-corrected chi connectivity index (χ4v) is 2.82. The van der Waals surface area contributed by atoms with Crippen molar-refractivity contribution < 1.29 is 0 Å². The minimum Gasteiger partial charge on any atom is -0.303 e. The van der Waals surface area contributed by atoms with E-state index < -0.39 is 0 Å². The molecule has 0 aromatic heterocycles. The largest absolute Gasteiger partial charge is 0.303 e. The lowest BCUT2D eigenvalue weighted by atomic mass is 10.1. The molecule has 0 N–H and O–H groups in total. The maximum atomic E-state index is 3.98. The normalized spacial score (nSPS) is 11.8. The summed E-state index contributed by atoms with van der Waals surface area (Å²) in [5.74, 6) is 0. The molecular formula is C20H36N3. The molecule has 1 aromatic rings. The Kier molecular flexibility index (Phi) is 10.2. The fraction of sp³-hybridized carbons (Fsp3) is 0.650. The smallest absolute Gasteiger partial charge is 0.0234 e. The van der Waals surface area contributed by atoms with Crippen molar-refractivity contribution in [3.63, 3.8) is 0 Å². The summed E-state index contributed by atoms with van der Waals surface area (Å²) in [4.78, 5) is 7.60. The first-order valence-electron chi connectivity index (χ1n) is 9.20. The summed E-state index contributed by atoms with van der Waals surface area (Å²) in [5, 5.41) is 0.